The summed E-state index contributed by atoms with van der Waals surface area (Å²) in [5.41, 5.74) is 1.82. The molecular weight excluding hydrogens is 308 g/mol. The van der Waals surface area contributed by atoms with Crippen LogP contribution >= 0.6 is 0 Å². The first kappa shape index (κ1) is 16.6. The third-order valence-electron chi connectivity index (χ3n) is 4.15. The molecule has 0 aliphatic carbocycles. The summed E-state index contributed by atoms with van der Waals surface area (Å²) in [7, 11) is 4.00. The summed E-state index contributed by atoms with van der Waals surface area (Å²) in [5, 5.41) is 7.50. The van der Waals surface area contributed by atoms with Crippen LogP contribution in [0.3, 0.4) is 0 Å². The van der Waals surface area contributed by atoms with Gasteiger partial charge in [0.15, 0.2) is 5.69 Å². The number of benzene rings is 1. The first-order valence-corrected chi connectivity index (χ1v) is 7.99. The van der Waals surface area contributed by atoms with Gasteiger partial charge in [-0.3, -0.25) is 4.79 Å². The van der Waals surface area contributed by atoms with Crippen LogP contribution in [0.5, 0.6) is 0 Å². The molecule has 0 radical (unpaired) electrons. The van der Waals surface area contributed by atoms with Crippen LogP contribution in [0.1, 0.15) is 27.8 Å². The number of rotatable bonds is 4. The van der Waals surface area contributed by atoms with Crippen molar-refractivity contribution < 1.29 is 14.2 Å². The van der Waals surface area contributed by atoms with Crippen LogP contribution in [-0.4, -0.2) is 65.9 Å². The van der Waals surface area contributed by atoms with Crippen LogP contribution in [0.25, 0.3) is 0 Å². The number of aromatic nitrogens is 2. The van der Waals surface area contributed by atoms with Gasteiger partial charge in [0.1, 0.15) is 5.69 Å². The van der Waals surface area contributed by atoms with Crippen molar-refractivity contribution in [2.75, 3.05) is 33.8 Å². The van der Waals surface area contributed by atoms with Crippen molar-refractivity contribution >= 4 is 5.91 Å². The van der Waals surface area contributed by atoms with Gasteiger partial charge < -0.3 is 14.5 Å². The van der Waals surface area contributed by atoms with Gasteiger partial charge in [0.05, 0.1) is 18.8 Å². The van der Waals surface area contributed by atoms with E-state index in [4.69, 9.17) is 9.37 Å². The fourth-order valence-electron chi connectivity index (χ4n) is 3.08. The standard InChI is InChI=1S/C17H22N4O3/c1-12-15(19-24-18-12)17(22)21-9-10-23-14(11-20(2)3)16(21)13-7-5-4-6-8-13/h4-8,14,16H,9-11H2,1-3H3/t14-,16-/m0/s1. The second-order valence-corrected chi connectivity index (χ2v) is 6.22. The maximum Gasteiger partial charge on any atom is 0.278 e. The van der Waals surface area contributed by atoms with Crippen molar-refractivity contribution in [2.24, 2.45) is 0 Å². The number of carbonyl (C=O) groups excluding carboxylic acids is 1. The Labute approximate surface area is 141 Å². The fourth-order valence-corrected chi connectivity index (χ4v) is 3.08. The Hall–Kier alpha value is -2.25. The van der Waals surface area contributed by atoms with Crippen molar-refractivity contribution in [3.8, 4) is 0 Å². The number of aryl methyl sites for hydroxylation is 1. The van der Waals surface area contributed by atoms with E-state index in [1.807, 2.05) is 49.3 Å². The van der Waals surface area contributed by atoms with Crippen LogP contribution in [0.15, 0.2) is 35.0 Å². The van der Waals surface area contributed by atoms with Crippen LogP contribution in [0.4, 0.5) is 0 Å². The van der Waals surface area contributed by atoms with E-state index < -0.39 is 0 Å². The Morgan fingerprint density at radius 3 is 2.67 bits per heavy atom. The predicted octanol–water partition coefficient (Wildman–Crippen LogP) is 1.52. The summed E-state index contributed by atoms with van der Waals surface area (Å²) in [6, 6.07) is 9.79. The molecule has 2 heterocycles. The minimum atomic E-state index is -0.175. The molecule has 1 fully saturated rings. The second-order valence-electron chi connectivity index (χ2n) is 6.22. The van der Waals surface area contributed by atoms with Gasteiger partial charge in [-0.05, 0) is 31.7 Å². The highest BCUT2D eigenvalue weighted by atomic mass is 16.6. The molecule has 24 heavy (non-hydrogen) atoms. The summed E-state index contributed by atoms with van der Waals surface area (Å²) in [4.78, 5) is 16.9. The Morgan fingerprint density at radius 2 is 2.04 bits per heavy atom. The summed E-state index contributed by atoms with van der Waals surface area (Å²) in [6.07, 6.45) is -0.111. The number of amides is 1. The Kier molecular flexibility index (Phi) is 4.92. The van der Waals surface area contributed by atoms with Crippen molar-refractivity contribution in [2.45, 2.75) is 19.1 Å². The summed E-state index contributed by atoms with van der Waals surface area (Å²) in [5.74, 6) is -0.172. The topological polar surface area (TPSA) is 71.7 Å². The van der Waals surface area contributed by atoms with Gasteiger partial charge in [-0.25, -0.2) is 4.63 Å². The molecule has 1 saturated heterocycles. The molecule has 1 aliphatic rings. The molecule has 2 atom stereocenters. The lowest BCUT2D eigenvalue weighted by Gasteiger charge is -2.42. The molecule has 0 spiro atoms. The van der Waals surface area contributed by atoms with Crippen molar-refractivity contribution in [1.82, 2.24) is 20.1 Å². The van der Waals surface area contributed by atoms with E-state index in [1.54, 1.807) is 6.92 Å². The lowest BCUT2D eigenvalue weighted by atomic mass is 9.97. The fraction of sp³-hybridized carbons (Fsp3) is 0.471. The quantitative estimate of drug-likeness (QED) is 0.846. The molecule has 2 aromatic rings. The number of carbonyl (C=O) groups is 1. The first-order chi connectivity index (χ1) is 11.6. The normalized spacial score (nSPS) is 21.2. The predicted molar refractivity (Wildman–Crippen MR) is 87.5 cm³/mol. The molecular formula is C17H22N4O3. The van der Waals surface area contributed by atoms with Crippen molar-refractivity contribution in [3.05, 3.63) is 47.3 Å². The Balaban J connectivity index is 1.96. The SMILES string of the molecule is Cc1nonc1C(=O)N1CCO[C@@H](CN(C)C)[C@@H]1c1ccccc1. The third kappa shape index (κ3) is 3.32. The van der Waals surface area contributed by atoms with E-state index in [9.17, 15) is 4.79 Å². The maximum absolute atomic E-state index is 13.0. The minimum absolute atomic E-state index is 0.111. The number of ether oxygens (including phenoxy) is 1. The number of hydrogen-bond acceptors (Lipinski definition) is 6. The average molecular weight is 330 g/mol. The summed E-state index contributed by atoms with van der Waals surface area (Å²) >= 11 is 0. The van der Waals surface area contributed by atoms with Crippen molar-refractivity contribution in [1.29, 1.82) is 0 Å². The van der Waals surface area contributed by atoms with E-state index in [1.165, 1.54) is 0 Å². The van der Waals surface area contributed by atoms with Crippen molar-refractivity contribution in [3.63, 3.8) is 0 Å². The van der Waals surface area contributed by atoms with Crippen LogP contribution in [0, 0.1) is 6.92 Å². The molecule has 0 unspecified atom stereocenters. The molecule has 0 N–H and O–H groups in total. The molecule has 1 aromatic carbocycles. The van der Waals surface area contributed by atoms with E-state index in [-0.39, 0.29) is 23.7 Å². The molecule has 3 rings (SSSR count). The third-order valence-corrected chi connectivity index (χ3v) is 4.15. The highest BCUT2D eigenvalue weighted by Gasteiger charge is 2.38. The van der Waals surface area contributed by atoms with E-state index in [0.717, 1.165) is 12.1 Å². The minimum Gasteiger partial charge on any atom is -0.373 e. The van der Waals surface area contributed by atoms with Crippen LogP contribution < -0.4 is 0 Å². The Morgan fingerprint density at radius 1 is 1.29 bits per heavy atom. The zero-order valence-corrected chi connectivity index (χ0v) is 14.2. The lowest BCUT2D eigenvalue weighted by molar-refractivity contribution is -0.0687. The monoisotopic (exact) mass is 330 g/mol. The molecule has 7 heteroatoms. The van der Waals surface area contributed by atoms with E-state index in [2.05, 4.69) is 15.2 Å². The van der Waals surface area contributed by atoms with E-state index >= 15 is 0 Å². The van der Waals surface area contributed by atoms with Crippen LogP contribution in [-0.2, 0) is 4.74 Å². The average Bonchev–Trinajstić information content (AvgIpc) is 3.00. The largest absolute Gasteiger partial charge is 0.373 e. The highest BCUT2D eigenvalue weighted by molar-refractivity contribution is 5.93. The molecule has 0 bridgehead atoms. The zero-order chi connectivity index (χ0) is 17.1. The van der Waals surface area contributed by atoms with Gasteiger partial charge in [0.2, 0.25) is 0 Å². The summed E-state index contributed by atoms with van der Waals surface area (Å²) < 4.78 is 10.7. The number of morpholine rings is 1. The van der Waals surface area contributed by atoms with Gasteiger partial charge in [0.25, 0.3) is 5.91 Å². The van der Waals surface area contributed by atoms with Gasteiger partial charge in [-0.2, -0.15) is 0 Å². The van der Waals surface area contributed by atoms with Gasteiger partial charge in [0, 0.05) is 13.1 Å². The zero-order valence-electron chi connectivity index (χ0n) is 14.2. The van der Waals surface area contributed by atoms with Gasteiger partial charge >= 0.3 is 0 Å². The molecule has 128 valence electrons. The molecule has 0 saturated carbocycles. The number of hydrogen-bond donors (Lipinski definition) is 0. The van der Waals surface area contributed by atoms with Gasteiger partial charge in [-0.15, -0.1) is 0 Å². The van der Waals surface area contributed by atoms with Crippen LogP contribution in [0.2, 0.25) is 0 Å². The molecule has 7 nitrogen and oxygen atoms in total. The lowest BCUT2D eigenvalue weighted by Crippen LogP contribution is -2.51. The maximum atomic E-state index is 13.0. The van der Waals surface area contributed by atoms with Gasteiger partial charge in [-0.1, -0.05) is 35.5 Å². The smallest absolute Gasteiger partial charge is 0.278 e. The Bertz CT molecular complexity index is 686. The molecule has 1 aliphatic heterocycles. The number of nitrogens with zero attached hydrogens (tertiary/aromatic N) is 4. The highest BCUT2D eigenvalue weighted by Crippen LogP contribution is 2.31. The molecule has 1 amide bonds. The second kappa shape index (κ2) is 7.11. The van der Waals surface area contributed by atoms with E-state index in [0.29, 0.717) is 18.8 Å². The summed E-state index contributed by atoms with van der Waals surface area (Å²) in [6.45, 7) is 3.45. The number of likely N-dealkylation sites (N-methyl/N-ethyl adjacent to an activating group) is 1. The molecule has 1 aromatic heterocycles. The first-order valence-electron chi connectivity index (χ1n) is 7.99.